The molecule has 7 heteroatoms. The van der Waals surface area contributed by atoms with E-state index in [1.54, 1.807) is 23.0 Å². The Hall–Kier alpha value is -3.32. The summed E-state index contributed by atoms with van der Waals surface area (Å²) in [7, 11) is 1.61. The number of amides is 2. The molecule has 6 nitrogen and oxygen atoms in total. The van der Waals surface area contributed by atoms with Gasteiger partial charge >= 0.3 is 0 Å². The fourth-order valence-electron chi connectivity index (χ4n) is 3.68. The third kappa shape index (κ3) is 6.17. The van der Waals surface area contributed by atoms with Crippen molar-refractivity contribution in [2.45, 2.75) is 27.7 Å². The van der Waals surface area contributed by atoms with Crippen molar-refractivity contribution in [3.05, 3.63) is 77.0 Å². The number of aryl methyl sites for hydroxylation is 2. The van der Waals surface area contributed by atoms with Crippen LogP contribution in [0.25, 0.3) is 6.08 Å². The first-order valence-corrected chi connectivity index (χ1v) is 12.1. The lowest BCUT2D eigenvalue weighted by atomic mass is 10.1. The van der Waals surface area contributed by atoms with Crippen molar-refractivity contribution < 1.29 is 14.3 Å². The molecule has 0 fully saturated rings. The van der Waals surface area contributed by atoms with Crippen molar-refractivity contribution in [1.82, 2.24) is 4.90 Å². The Morgan fingerprint density at radius 1 is 1.18 bits per heavy atom. The number of methoxy groups -OCH3 is 1. The van der Waals surface area contributed by atoms with Gasteiger partial charge in [-0.25, -0.2) is 4.99 Å². The molecule has 178 valence electrons. The number of aliphatic imine (C=N–C) groups is 1. The Morgan fingerprint density at radius 2 is 1.82 bits per heavy atom. The quantitative estimate of drug-likeness (QED) is 0.387. The van der Waals surface area contributed by atoms with E-state index >= 15 is 0 Å². The Balaban J connectivity index is 1.92. The van der Waals surface area contributed by atoms with E-state index in [9.17, 15) is 9.59 Å². The summed E-state index contributed by atoms with van der Waals surface area (Å²) in [5.41, 5.74) is 4.94. The highest BCUT2D eigenvalue weighted by Crippen LogP contribution is 2.31. The average Bonchev–Trinajstić information content (AvgIpc) is 3.10. The van der Waals surface area contributed by atoms with E-state index in [1.807, 2.05) is 64.1 Å². The number of carbonyl (C=O) groups is 2. The SMILES string of the molecule is C=C(C)CN(CC)C(=O)CSC1=N/C(=C\c2ccc(OC)cc2)C(=O)N1c1cc(C)cc(C)c1. The molecule has 0 bridgehead atoms. The molecule has 0 atom stereocenters. The second-order valence-corrected chi connectivity index (χ2v) is 9.28. The third-order valence-corrected chi connectivity index (χ3v) is 6.16. The lowest BCUT2D eigenvalue weighted by Crippen LogP contribution is -2.35. The number of ether oxygens (including phenoxy) is 1. The van der Waals surface area contributed by atoms with E-state index in [4.69, 9.17) is 4.74 Å². The van der Waals surface area contributed by atoms with Crippen molar-refractivity contribution in [3.63, 3.8) is 0 Å². The average molecular weight is 478 g/mol. The van der Waals surface area contributed by atoms with Crippen LogP contribution in [0.1, 0.15) is 30.5 Å². The molecule has 0 N–H and O–H groups in total. The summed E-state index contributed by atoms with van der Waals surface area (Å²) in [6.07, 6.45) is 1.76. The third-order valence-electron chi connectivity index (χ3n) is 5.23. The highest BCUT2D eigenvalue weighted by Gasteiger charge is 2.33. The maximum absolute atomic E-state index is 13.4. The number of hydrogen-bond donors (Lipinski definition) is 0. The highest BCUT2D eigenvalue weighted by molar-refractivity contribution is 8.14. The van der Waals surface area contributed by atoms with Crippen LogP contribution in [-0.2, 0) is 9.59 Å². The van der Waals surface area contributed by atoms with Crippen LogP contribution in [-0.4, -0.2) is 47.8 Å². The fourth-order valence-corrected chi connectivity index (χ4v) is 4.59. The molecule has 0 radical (unpaired) electrons. The first kappa shape index (κ1) is 25.3. The van der Waals surface area contributed by atoms with Crippen LogP contribution in [0, 0.1) is 13.8 Å². The Labute approximate surface area is 206 Å². The van der Waals surface area contributed by atoms with Gasteiger partial charge in [-0.2, -0.15) is 0 Å². The first-order valence-electron chi connectivity index (χ1n) is 11.1. The van der Waals surface area contributed by atoms with Crippen molar-refractivity contribution in [2.75, 3.05) is 30.9 Å². The van der Waals surface area contributed by atoms with Gasteiger partial charge in [0.1, 0.15) is 11.4 Å². The lowest BCUT2D eigenvalue weighted by molar-refractivity contribution is -0.127. The summed E-state index contributed by atoms with van der Waals surface area (Å²) in [4.78, 5) is 34.2. The minimum absolute atomic E-state index is 0.0152. The molecule has 1 aliphatic heterocycles. The van der Waals surface area contributed by atoms with Crippen molar-refractivity contribution in [2.24, 2.45) is 4.99 Å². The largest absolute Gasteiger partial charge is 0.497 e. The van der Waals surface area contributed by atoms with Crippen LogP contribution in [0.2, 0.25) is 0 Å². The smallest absolute Gasteiger partial charge is 0.283 e. The lowest BCUT2D eigenvalue weighted by Gasteiger charge is -2.22. The molecule has 1 aliphatic rings. The van der Waals surface area contributed by atoms with Crippen LogP contribution in [0.15, 0.2) is 65.3 Å². The van der Waals surface area contributed by atoms with Gasteiger partial charge in [-0.3, -0.25) is 14.5 Å². The van der Waals surface area contributed by atoms with Gasteiger partial charge in [0.25, 0.3) is 5.91 Å². The van der Waals surface area contributed by atoms with Crippen molar-refractivity contribution in [3.8, 4) is 5.75 Å². The minimum atomic E-state index is -0.218. The Morgan fingerprint density at radius 3 is 2.38 bits per heavy atom. The van der Waals surface area contributed by atoms with Crippen molar-refractivity contribution in [1.29, 1.82) is 0 Å². The minimum Gasteiger partial charge on any atom is -0.497 e. The molecule has 3 rings (SSSR count). The number of rotatable bonds is 8. The van der Waals surface area contributed by atoms with Crippen LogP contribution in [0.5, 0.6) is 5.75 Å². The molecule has 1 heterocycles. The first-order chi connectivity index (χ1) is 16.2. The number of thioether (sulfide) groups is 1. The van der Waals surface area contributed by atoms with E-state index in [0.717, 1.165) is 33.7 Å². The Kier molecular flexibility index (Phi) is 8.34. The van der Waals surface area contributed by atoms with Crippen LogP contribution in [0.4, 0.5) is 5.69 Å². The van der Waals surface area contributed by atoms with E-state index in [0.29, 0.717) is 24.0 Å². The topological polar surface area (TPSA) is 62.2 Å². The highest BCUT2D eigenvalue weighted by atomic mass is 32.2. The molecule has 2 aromatic carbocycles. The number of amidine groups is 1. The summed E-state index contributed by atoms with van der Waals surface area (Å²) >= 11 is 1.28. The predicted octanol–water partition coefficient (Wildman–Crippen LogP) is 5.21. The number of anilines is 1. The maximum atomic E-state index is 13.4. The van der Waals surface area contributed by atoms with Crippen LogP contribution >= 0.6 is 11.8 Å². The Bertz CT molecular complexity index is 1130. The second kappa shape index (κ2) is 11.2. The molecule has 34 heavy (non-hydrogen) atoms. The number of hydrogen-bond acceptors (Lipinski definition) is 5. The monoisotopic (exact) mass is 477 g/mol. The molecule has 2 amide bonds. The van der Waals surface area contributed by atoms with Gasteiger partial charge in [0.05, 0.1) is 18.6 Å². The van der Waals surface area contributed by atoms with Gasteiger partial charge < -0.3 is 9.64 Å². The van der Waals surface area contributed by atoms with Gasteiger partial charge in [-0.15, -0.1) is 0 Å². The number of benzene rings is 2. The normalized spacial score (nSPS) is 14.4. The second-order valence-electron chi connectivity index (χ2n) is 8.34. The summed E-state index contributed by atoms with van der Waals surface area (Å²) in [6.45, 7) is 12.9. The fraction of sp³-hybridized carbons (Fsp3) is 0.296. The summed E-state index contributed by atoms with van der Waals surface area (Å²) in [5.74, 6) is 0.693. The van der Waals surface area contributed by atoms with E-state index in [2.05, 4.69) is 17.6 Å². The zero-order chi connectivity index (χ0) is 24.8. The molecular weight excluding hydrogens is 446 g/mol. The predicted molar refractivity (Wildman–Crippen MR) is 141 cm³/mol. The van der Waals surface area contributed by atoms with E-state index in [1.165, 1.54) is 11.8 Å². The zero-order valence-electron chi connectivity index (χ0n) is 20.4. The molecular formula is C27H31N3O3S. The molecule has 0 saturated carbocycles. The summed E-state index contributed by atoms with van der Waals surface area (Å²) in [5, 5.41) is 0.495. The van der Waals surface area contributed by atoms with Gasteiger partial charge in [-0.1, -0.05) is 42.1 Å². The van der Waals surface area contributed by atoms with E-state index < -0.39 is 0 Å². The molecule has 0 spiro atoms. The van der Waals surface area contributed by atoms with Gasteiger partial charge in [0, 0.05) is 13.1 Å². The number of carbonyl (C=O) groups excluding carboxylic acids is 2. The molecule has 0 aliphatic carbocycles. The molecule has 0 unspecified atom stereocenters. The van der Waals surface area contributed by atoms with E-state index in [-0.39, 0.29) is 17.6 Å². The number of nitrogens with zero attached hydrogens (tertiary/aromatic N) is 3. The summed E-state index contributed by atoms with van der Waals surface area (Å²) in [6, 6.07) is 13.4. The molecule has 0 saturated heterocycles. The maximum Gasteiger partial charge on any atom is 0.283 e. The number of likely N-dealkylation sites (N-methyl/N-ethyl adjacent to an activating group) is 1. The zero-order valence-corrected chi connectivity index (χ0v) is 21.2. The van der Waals surface area contributed by atoms with Crippen molar-refractivity contribution >= 4 is 40.5 Å². The van der Waals surface area contributed by atoms with Gasteiger partial charge in [0.15, 0.2) is 5.17 Å². The summed E-state index contributed by atoms with van der Waals surface area (Å²) < 4.78 is 5.21. The van der Waals surface area contributed by atoms with Gasteiger partial charge in [0.2, 0.25) is 5.91 Å². The molecule has 2 aromatic rings. The molecule has 0 aromatic heterocycles. The van der Waals surface area contributed by atoms with Gasteiger partial charge in [-0.05, 0) is 74.7 Å². The van der Waals surface area contributed by atoms with Crippen LogP contribution < -0.4 is 9.64 Å². The van der Waals surface area contributed by atoms with Crippen LogP contribution in [0.3, 0.4) is 0 Å². The standard InChI is InChI=1S/C27H31N3O3S/c1-7-29(16-18(2)3)25(31)17-34-27-28-24(15-21-8-10-23(33-6)11-9-21)26(32)30(27)22-13-19(4)12-20(5)14-22/h8-15H,2,7,16-17H2,1,3-6H3/b24-15-.